The van der Waals surface area contributed by atoms with Gasteiger partial charge in [-0.25, -0.2) is 8.42 Å². The first-order valence-electron chi connectivity index (χ1n) is 9.45. The highest BCUT2D eigenvalue weighted by Crippen LogP contribution is 2.31. The molecule has 170 valence electrons. The van der Waals surface area contributed by atoms with Gasteiger partial charge in [-0.2, -0.15) is 8.42 Å². The maximum Gasteiger partial charge on any atom is 0.295 e. The smallest absolute Gasteiger partial charge is 0.295 e. The summed E-state index contributed by atoms with van der Waals surface area (Å²) in [6.07, 6.45) is 0.0123. The lowest BCUT2D eigenvalue weighted by molar-refractivity contribution is 0.484. The van der Waals surface area contributed by atoms with E-state index in [1.807, 2.05) is 0 Å². The molecule has 0 fully saturated rings. The fourth-order valence-electron chi connectivity index (χ4n) is 3.16. The van der Waals surface area contributed by atoms with Crippen LogP contribution >= 0.6 is 11.6 Å². The first-order valence-corrected chi connectivity index (χ1v) is 13.0. The lowest BCUT2D eigenvalue weighted by atomic mass is 10.1. The van der Waals surface area contributed by atoms with Crippen molar-refractivity contribution in [1.82, 2.24) is 0 Å². The van der Waals surface area contributed by atoms with Crippen LogP contribution in [0.3, 0.4) is 0 Å². The van der Waals surface area contributed by atoms with E-state index in [2.05, 4.69) is 4.72 Å². The number of halogens is 1. The Labute approximate surface area is 191 Å². The second-order valence-corrected chi connectivity index (χ2v) is 11.3. The Kier molecular flexibility index (Phi) is 6.68. The molecule has 2 aromatic carbocycles. The number of hydrogen-bond donors (Lipinski definition) is 3. The maximum atomic E-state index is 13.0. The van der Waals surface area contributed by atoms with Crippen LogP contribution in [0.1, 0.15) is 20.3 Å². The number of allylic oxidation sites excluding steroid dienone is 2. The van der Waals surface area contributed by atoms with E-state index >= 15 is 0 Å². The molecule has 3 rings (SSSR count). The van der Waals surface area contributed by atoms with Crippen LogP contribution in [-0.2, 0) is 19.9 Å². The van der Waals surface area contributed by atoms with E-state index in [1.54, 1.807) is 31.2 Å². The van der Waals surface area contributed by atoms with Crippen LogP contribution in [0.15, 0.2) is 74.2 Å². The zero-order chi connectivity index (χ0) is 23.7. The largest absolute Gasteiger partial charge is 0.443 e. The van der Waals surface area contributed by atoms with E-state index < -0.39 is 19.9 Å². The number of benzene rings is 2. The standard InChI is InChI=1S/C21H22ClN3O5S2/c1-13(23)17(14(2)24)9-10-31(26,27)20-8-7-16(22)12-18(20)25-32(28,29)21-11-15-5-3-4-6-19(15)30-21/h3-8,11-12,23,25H,9-10,24H2,1-2H3. The normalized spacial score (nSPS) is 13.1. The van der Waals surface area contributed by atoms with Crippen LogP contribution < -0.4 is 10.5 Å². The molecule has 0 spiro atoms. The SMILES string of the molecule is CC(=N)C(CCS(=O)(=O)c1ccc(Cl)cc1NS(=O)(=O)c1cc2ccccc2o1)=C(C)N. The van der Waals surface area contributed by atoms with Crippen molar-refractivity contribution in [2.75, 3.05) is 10.5 Å². The number of sulfone groups is 1. The Morgan fingerprint density at radius 2 is 1.78 bits per heavy atom. The van der Waals surface area contributed by atoms with E-state index in [0.717, 1.165) is 0 Å². The van der Waals surface area contributed by atoms with E-state index in [0.29, 0.717) is 22.2 Å². The van der Waals surface area contributed by atoms with Gasteiger partial charge < -0.3 is 15.6 Å². The van der Waals surface area contributed by atoms with Gasteiger partial charge in [0, 0.05) is 27.9 Å². The predicted octanol–water partition coefficient (Wildman–Crippen LogP) is 4.32. The molecule has 0 aliphatic heterocycles. The molecule has 1 heterocycles. The average molecular weight is 496 g/mol. The topological polar surface area (TPSA) is 143 Å². The molecule has 3 aromatic rings. The van der Waals surface area contributed by atoms with Gasteiger partial charge in [-0.3, -0.25) is 4.72 Å². The van der Waals surface area contributed by atoms with Crippen LogP contribution in [0.2, 0.25) is 5.02 Å². The van der Waals surface area contributed by atoms with Gasteiger partial charge in [-0.15, -0.1) is 0 Å². The highest BCUT2D eigenvalue weighted by molar-refractivity contribution is 7.93. The fraction of sp³-hybridized carbons (Fsp3) is 0.190. The molecule has 32 heavy (non-hydrogen) atoms. The number of furan rings is 1. The van der Waals surface area contributed by atoms with Crippen molar-refractivity contribution < 1.29 is 21.3 Å². The first-order chi connectivity index (χ1) is 14.9. The van der Waals surface area contributed by atoms with E-state index in [1.165, 1.54) is 31.2 Å². The summed E-state index contributed by atoms with van der Waals surface area (Å²) < 4.78 is 59.6. The number of para-hydroxylation sites is 1. The van der Waals surface area contributed by atoms with Gasteiger partial charge in [0.2, 0.25) is 5.09 Å². The van der Waals surface area contributed by atoms with Crippen LogP contribution in [-0.4, -0.2) is 28.3 Å². The zero-order valence-corrected chi connectivity index (χ0v) is 19.7. The molecule has 1 aromatic heterocycles. The summed E-state index contributed by atoms with van der Waals surface area (Å²) in [4.78, 5) is -0.238. The summed E-state index contributed by atoms with van der Waals surface area (Å²) in [6, 6.07) is 11.9. The van der Waals surface area contributed by atoms with Crippen LogP contribution in [0.25, 0.3) is 11.0 Å². The second kappa shape index (κ2) is 8.97. The number of hydrogen-bond acceptors (Lipinski definition) is 7. The van der Waals surface area contributed by atoms with Gasteiger partial charge in [0.15, 0.2) is 9.84 Å². The number of anilines is 1. The van der Waals surface area contributed by atoms with Gasteiger partial charge >= 0.3 is 0 Å². The minimum Gasteiger partial charge on any atom is -0.443 e. The van der Waals surface area contributed by atoms with Gasteiger partial charge in [0.05, 0.1) is 16.3 Å². The van der Waals surface area contributed by atoms with Crippen molar-refractivity contribution in [3.05, 3.63) is 64.8 Å². The lowest BCUT2D eigenvalue weighted by Gasteiger charge is -2.14. The summed E-state index contributed by atoms with van der Waals surface area (Å²) >= 11 is 6.01. The minimum absolute atomic E-state index is 0.0123. The van der Waals surface area contributed by atoms with Crippen LogP contribution in [0.5, 0.6) is 0 Å². The summed E-state index contributed by atoms with van der Waals surface area (Å²) in [6.45, 7) is 3.11. The summed E-state index contributed by atoms with van der Waals surface area (Å²) in [5, 5.41) is 8.16. The third kappa shape index (κ3) is 5.14. The van der Waals surface area contributed by atoms with Crippen molar-refractivity contribution in [1.29, 1.82) is 5.41 Å². The minimum atomic E-state index is -4.24. The van der Waals surface area contributed by atoms with Gasteiger partial charge in [-0.05, 0) is 50.1 Å². The van der Waals surface area contributed by atoms with Crippen molar-refractivity contribution in [3.8, 4) is 0 Å². The van der Waals surface area contributed by atoms with Gasteiger partial charge in [0.25, 0.3) is 10.0 Å². The summed E-state index contributed by atoms with van der Waals surface area (Å²) in [5.41, 5.74) is 6.89. The molecule has 0 bridgehead atoms. The summed E-state index contributed by atoms with van der Waals surface area (Å²) in [5.74, 6) is -0.367. The van der Waals surface area contributed by atoms with Crippen LogP contribution in [0.4, 0.5) is 5.69 Å². The number of sulfonamides is 1. The predicted molar refractivity (Wildman–Crippen MR) is 125 cm³/mol. The molecule has 8 nitrogen and oxygen atoms in total. The highest BCUT2D eigenvalue weighted by Gasteiger charge is 2.26. The number of nitrogens with one attached hydrogen (secondary N) is 2. The van der Waals surface area contributed by atoms with Crippen LogP contribution in [0, 0.1) is 5.41 Å². The third-order valence-corrected chi connectivity index (χ3v) is 7.96. The molecule has 0 aliphatic carbocycles. The molecule has 0 amide bonds. The molecule has 0 radical (unpaired) electrons. The number of nitrogens with two attached hydrogens (primary N) is 1. The Morgan fingerprint density at radius 1 is 1.09 bits per heavy atom. The fourth-order valence-corrected chi connectivity index (χ4v) is 5.86. The zero-order valence-electron chi connectivity index (χ0n) is 17.3. The molecule has 4 N–H and O–H groups in total. The molecule has 0 unspecified atom stereocenters. The van der Waals surface area contributed by atoms with Gasteiger partial charge in [0.1, 0.15) is 5.58 Å². The molecule has 11 heteroatoms. The highest BCUT2D eigenvalue weighted by atomic mass is 35.5. The quantitative estimate of drug-likeness (QED) is 0.397. The second-order valence-electron chi connectivity index (χ2n) is 7.20. The first kappa shape index (κ1) is 23.8. The van der Waals surface area contributed by atoms with Crippen molar-refractivity contribution in [3.63, 3.8) is 0 Å². The number of rotatable bonds is 8. The average Bonchev–Trinajstić information content (AvgIpc) is 3.12. The molecule has 0 atom stereocenters. The van der Waals surface area contributed by atoms with E-state index in [4.69, 9.17) is 27.2 Å². The molecular weight excluding hydrogens is 474 g/mol. The third-order valence-electron chi connectivity index (χ3n) is 4.74. The Hall–Kier alpha value is -2.82. The monoisotopic (exact) mass is 495 g/mol. The maximum absolute atomic E-state index is 13.0. The molecule has 0 aliphatic rings. The Morgan fingerprint density at radius 3 is 2.41 bits per heavy atom. The molecular formula is C21H22ClN3O5S2. The van der Waals surface area contributed by atoms with Gasteiger partial charge in [-0.1, -0.05) is 29.8 Å². The lowest BCUT2D eigenvalue weighted by Crippen LogP contribution is -2.17. The molecule has 0 saturated heterocycles. The Bertz CT molecular complexity index is 1400. The molecule has 0 saturated carbocycles. The number of fused-ring (bicyclic) bond motifs is 1. The Balaban J connectivity index is 1.97. The van der Waals surface area contributed by atoms with Crippen molar-refractivity contribution in [2.24, 2.45) is 5.73 Å². The van der Waals surface area contributed by atoms with Crippen molar-refractivity contribution in [2.45, 2.75) is 30.3 Å². The van der Waals surface area contributed by atoms with E-state index in [9.17, 15) is 16.8 Å². The van der Waals surface area contributed by atoms with Crippen molar-refractivity contribution >= 4 is 53.8 Å². The summed E-state index contributed by atoms with van der Waals surface area (Å²) in [7, 11) is -8.19. The van der Waals surface area contributed by atoms with E-state index in [-0.39, 0.29) is 38.6 Å².